The molecule has 0 amide bonds. The monoisotopic (exact) mass is 452 g/mol. The first-order chi connectivity index (χ1) is 16.4. The van der Waals surface area contributed by atoms with Crippen LogP contribution in [-0.4, -0.2) is 0 Å². The van der Waals surface area contributed by atoms with Crippen molar-refractivity contribution in [3.8, 4) is 23.7 Å². The smallest absolute Gasteiger partial charge is 0.130 e. The fourth-order valence-electron chi connectivity index (χ4n) is 4.49. The van der Waals surface area contributed by atoms with Gasteiger partial charge in [0.15, 0.2) is 0 Å². The molecule has 1 fully saturated rings. The molecule has 0 atom stereocenters. The van der Waals surface area contributed by atoms with Gasteiger partial charge < -0.3 is 0 Å². The highest BCUT2D eigenvalue weighted by atomic mass is 19.1. The van der Waals surface area contributed by atoms with Crippen LogP contribution in [0.25, 0.3) is 0 Å². The Balaban J connectivity index is 1.40. The quantitative estimate of drug-likeness (QED) is 0.349. The van der Waals surface area contributed by atoms with Gasteiger partial charge in [0, 0.05) is 27.8 Å². The lowest BCUT2D eigenvalue weighted by molar-refractivity contribution is 0.288. The van der Waals surface area contributed by atoms with Gasteiger partial charge in [-0.25, -0.2) is 8.78 Å². The molecule has 1 aliphatic carbocycles. The Kier molecular flexibility index (Phi) is 7.49. The van der Waals surface area contributed by atoms with Gasteiger partial charge in [0.1, 0.15) is 11.6 Å². The molecular weight excluding hydrogens is 422 g/mol. The van der Waals surface area contributed by atoms with Crippen molar-refractivity contribution in [2.24, 2.45) is 11.8 Å². The van der Waals surface area contributed by atoms with Gasteiger partial charge in [0.25, 0.3) is 0 Å². The third-order valence-electron chi connectivity index (χ3n) is 6.85. The maximum atomic E-state index is 13.7. The Hall–Kier alpha value is -3.36. The zero-order chi connectivity index (χ0) is 24.1. The van der Waals surface area contributed by atoms with E-state index in [2.05, 4.69) is 55.7 Å². The Labute approximate surface area is 202 Å². The minimum Gasteiger partial charge on any atom is -0.207 e. The van der Waals surface area contributed by atoms with Crippen LogP contribution >= 0.6 is 0 Å². The standard InChI is InChI=1S/C32H30F2/c1-22-4-6-28(7-5-22)19-30-17-16-27(18-23(30)2)14-12-25-8-10-26(11-9-25)13-15-29-20-31(33)24(3)32(34)21-29/h8-11,16-18,20-22,28H,4-7,19H2,1-3H3. The minimum absolute atomic E-state index is 0.0113. The van der Waals surface area contributed by atoms with Crippen LogP contribution in [0.1, 0.15) is 71.6 Å². The lowest BCUT2D eigenvalue weighted by atomic mass is 9.79. The number of rotatable bonds is 2. The van der Waals surface area contributed by atoms with E-state index in [1.54, 1.807) is 0 Å². The average molecular weight is 453 g/mol. The van der Waals surface area contributed by atoms with Crippen molar-refractivity contribution in [1.29, 1.82) is 0 Å². The van der Waals surface area contributed by atoms with Crippen molar-refractivity contribution in [3.63, 3.8) is 0 Å². The summed E-state index contributed by atoms with van der Waals surface area (Å²) < 4.78 is 27.4. The van der Waals surface area contributed by atoms with Crippen LogP contribution in [0.5, 0.6) is 0 Å². The summed E-state index contributed by atoms with van der Waals surface area (Å²) >= 11 is 0. The molecule has 0 radical (unpaired) electrons. The summed E-state index contributed by atoms with van der Waals surface area (Å²) in [5, 5.41) is 0. The Morgan fingerprint density at radius 1 is 0.676 bits per heavy atom. The van der Waals surface area contributed by atoms with Gasteiger partial charge in [-0.1, -0.05) is 49.5 Å². The van der Waals surface area contributed by atoms with E-state index < -0.39 is 11.6 Å². The van der Waals surface area contributed by atoms with E-state index in [4.69, 9.17) is 0 Å². The summed E-state index contributed by atoms with van der Waals surface area (Å²) in [6.07, 6.45) is 6.60. The van der Waals surface area contributed by atoms with E-state index in [0.717, 1.165) is 28.5 Å². The molecule has 1 aliphatic rings. The first-order valence-corrected chi connectivity index (χ1v) is 12.1. The molecule has 0 N–H and O–H groups in total. The van der Waals surface area contributed by atoms with Crippen LogP contribution in [0, 0.1) is 61.0 Å². The van der Waals surface area contributed by atoms with E-state index in [1.807, 2.05) is 24.3 Å². The second-order valence-electron chi connectivity index (χ2n) is 9.61. The van der Waals surface area contributed by atoms with Crippen molar-refractivity contribution < 1.29 is 8.78 Å². The van der Waals surface area contributed by atoms with E-state index >= 15 is 0 Å². The second kappa shape index (κ2) is 10.7. The van der Waals surface area contributed by atoms with Gasteiger partial charge in [-0.05, 0) is 105 Å². The first-order valence-electron chi connectivity index (χ1n) is 12.1. The number of hydrogen-bond acceptors (Lipinski definition) is 0. The van der Waals surface area contributed by atoms with Crippen LogP contribution in [0.4, 0.5) is 8.78 Å². The minimum atomic E-state index is -0.582. The van der Waals surface area contributed by atoms with Gasteiger partial charge in [0.05, 0.1) is 0 Å². The largest absolute Gasteiger partial charge is 0.207 e. The molecule has 0 bridgehead atoms. The zero-order valence-corrected chi connectivity index (χ0v) is 20.1. The fourth-order valence-corrected chi connectivity index (χ4v) is 4.49. The van der Waals surface area contributed by atoms with Gasteiger partial charge >= 0.3 is 0 Å². The Morgan fingerprint density at radius 3 is 1.74 bits per heavy atom. The number of benzene rings is 3. The van der Waals surface area contributed by atoms with Crippen molar-refractivity contribution in [1.82, 2.24) is 0 Å². The van der Waals surface area contributed by atoms with Crippen molar-refractivity contribution in [2.45, 2.75) is 52.9 Å². The van der Waals surface area contributed by atoms with E-state index in [-0.39, 0.29) is 5.56 Å². The summed E-state index contributed by atoms with van der Waals surface area (Å²) in [6, 6.07) is 16.6. The normalized spacial score (nSPS) is 17.3. The summed E-state index contributed by atoms with van der Waals surface area (Å²) in [5.74, 6) is 12.8. The van der Waals surface area contributed by atoms with E-state index in [1.165, 1.54) is 62.3 Å². The molecular formula is C32H30F2. The lowest BCUT2D eigenvalue weighted by Crippen LogP contribution is -2.14. The second-order valence-corrected chi connectivity index (χ2v) is 9.61. The highest BCUT2D eigenvalue weighted by Gasteiger charge is 2.19. The molecule has 0 aliphatic heterocycles. The van der Waals surface area contributed by atoms with Crippen molar-refractivity contribution in [2.75, 3.05) is 0 Å². The molecule has 0 heterocycles. The predicted molar refractivity (Wildman–Crippen MR) is 136 cm³/mol. The molecule has 0 spiro atoms. The Bertz CT molecular complexity index is 1260. The summed E-state index contributed by atoms with van der Waals surface area (Å²) in [6.45, 7) is 5.96. The molecule has 3 aromatic carbocycles. The van der Waals surface area contributed by atoms with Crippen LogP contribution in [0.2, 0.25) is 0 Å². The third kappa shape index (κ3) is 6.15. The van der Waals surface area contributed by atoms with Crippen LogP contribution in [-0.2, 0) is 6.42 Å². The van der Waals surface area contributed by atoms with Crippen molar-refractivity contribution in [3.05, 3.63) is 105 Å². The third-order valence-corrected chi connectivity index (χ3v) is 6.85. The van der Waals surface area contributed by atoms with Crippen LogP contribution in [0.15, 0.2) is 54.6 Å². The molecule has 0 nitrogen and oxygen atoms in total. The predicted octanol–water partition coefficient (Wildman–Crippen LogP) is 7.75. The zero-order valence-electron chi connectivity index (χ0n) is 20.1. The van der Waals surface area contributed by atoms with Gasteiger partial charge in [0.2, 0.25) is 0 Å². The molecule has 0 unspecified atom stereocenters. The summed E-state index contributed by atoms with van der Waals surface area (Å²) in [4.78, 5) is 0. The summed E-state index contributed by atoms with van der Waals surface area (Å²) in [7, 11) is 0. The van der Waals surface area contributed by atoms with E-state index in [0.29, 0.717) is 5.56 Å². The molecule has 172 valence electrons. The lowest BCUT2D eigenvalue weighted by Gasteiger charge is -2.26. The molecule has 0 saturated heterocycles. The van der Waals surface area contributed by atoms with E-state index in [9.17, 15) is 8.78 Å². The Morgan fingerprint density at radius 2 is 1.18 bits per heavy atom. The number of hydrogen-bond donors (Lipinski definition) is 0. The van der Waals surface area contributed by atoms with Gasteiger partial charge in [-0.3, -0.25) is 0 Å². The maximum Gasteiger partial charge on any atom is 0.130 e. The molecule has 4 rings (SSSR count). The SMILES string of the molecule is Cc1cc(C#Cc2ccc(C#Cc3cc(F)c(C)c(F)c3)cc2)ccc1CC1CCC(C)CC1. The van der Waals surface area contributed by atoms with Gasteiger partial charge in [-0.2, -0.15) is 0 Å². The number of aryl methyl sites for hydroxylation is 1. The maximum absolute atomic E-state index is 13.7. The molecule has 3 aromatic rings. The average Bonchev–Trinajstić information content (AvgIpc) is 2.83. The summed E-state index contributed by atoms with van der Waals surface area (Å²) in [5.41, 5.74) is 5.78. The highest BCUT2D eigenvalue weighted by Crippen LogP contribution is 2.31. The molecule has 2 heteroatoms. The first kappa shape index (κ1) is 23.8. The highest BCUT2D eigenvalue weighted by molar-refractivity contribution is 5.49. The number of halogens is 2. The molecule has 34 heavy (non-hydrogen) atoms. The topological polar surface area (TPSA) is 0 Å². The molecule has 1 saturated carbocycles. The van der Waals surface area contributed by atoms with Crippen LogP contribution in [0.3, 0.4) is 0 Å². The van der Waals surface area contributed by atoms with Crippen LogP contribution < -0.4 is 0 Å². The van der Waals surface area contributed by atoms with Crippen molar-refractivity contribution >= 4 is 0 Å². The fraction of sp³-hybridized carbons (Fsp3) is 0.312. The van der Waals surface area contributed by atoms with Gasteiger partial charge in [-0.15, -0.1) is 0 Å². The molecule has 0 aromatic heterocycles.